The van der Waals surface area contributed by atoms with Crippen LogP contribution in [0.2, 0.25) is 0 Å². The smallest absolute Gasteiger partial charge is 0.137 e. The SMILES string of the molecule is CCCCCc1nnn2c3ccccc3c3nc4ccccn4c3c12. The summed E-state index contributed by atoms with van der Waals surface area (Å²) in [6.07, 6.45) is 6.57. The van der Waals surface area contributed by atoms with E-state index in [9.17, 15) is 0 Å². The molecule has 5 rings (SSSR count). The second-order valence-electron chi connectivity index (χ2n) is 6.51. The molecule has 0 unspecified atom stereocenters. The maximum Gasteiger partial charge on any atom is 0.137 e. The molecule has 4 heterocycles. The van der Waals surface area contributed by atoms with Crippen molar-refractivity contribution in [3.05, 3.63) is 54.4 Å². The highest BCUT2D eigenvalue weighted by Gasteiger charge is 2.18. The summed E-state index contributed by atoms with van der Waals surface area (Å²) in [7, 11) is 0. The van der Waals surface area contributed by atoms with E-state index in [-0.39, 0.29) is 0 Å². The lowest BCUT2D eigenvalue weighted by Crippen LogP contribution is -1.95. The minimum Gasteiger partial charge on any atom is -0.298 e. The van der Waals surface area contributed by atoms with Gasteiger partial charge in [0.1, 0.15) is 22.2 Å². The van der Waals surface area contributed by atoms with Crippen molar-refractivity contribution in [3.63, 3.8) is 0 Å². The number of nitrogens with zero attached hydrogens (tertiary/aromatic N) is 5. The zero-order valence-corrected chi connectivity index (χ0v) is 14.2. The number of hydrogen-bond acceptors (Lipinski definition) is 3. The lowest BCUT2D eigenvalue weighted by atomic mass is 10.1. The van der Waals surface area contributed by atoms with Gasteiger partial charge in [-0.1, -0.05) is 49.2 Å². The standard InChI is InChI=1S/C20H19N5/c1-2-3-4-10-15-19-20-18(21-17-12-7-8-13-24(17)20)14-9-5-6-11-16(14)25(19)23-22-15/h5-9,11-13H,2-4,10H2,1H3. The molecule has 0 saturated carbocycles. The predicted molar refractivity (Wildman–Crippen MR) is 100.0 cm³/mol. The average Bonchev–Trinajstić information content (AvgIpc) is 3.24. The Balaban J connectivity index is 1.95. The van der Waals surface area contributed by atoms with E-state index in [2.05, 4.69) is 46.0 Å². The normalized spacial score (nSPS) is 12.0. The van der Waals surface area contributed by atoms with E-state index in [0.29, 0.717) is 0 Å². The van der Waals surface area contributed by atoms with Gasteiger partial charge in [0.2, 0.25) is 0 Å². The molecule has 0 atom stereocenters. The van der Waals surface area contributed by atoms with Crippen LogP contribution in [0.5, 0.6) is 0 Å². The molecular formula is C20H19N5. The number of aromatic nitrogens is 5. The summed E-state index contributed by atoms with van der Waals surface area (Å²) in [6.45, 7) is 2.22. The van der Waals surface area contributed by atoms with Crippen LogP contribution in [0.1, 0.15) is 31.9 Å². The Morgan fingerprint density at radius 3 is 2.76 bits per heavy atom. The van der Waals surface area contributed by atoms with Gasteiger partial charge < -0.3 is 0 Å². The van der Waals surface area contributed by atoms with E-state index in [1.165, 1.54) is 12.8 Å². The largest absolute Gasteiger partial charge is 0.298 e. The number of fused-ring (bicyclic) bond motifs is 8. The zero-order valence-electron chi connectivity index (χ0n) is 14.2. The van der Waals surface area contributed by atoms with Gasteiger partial charge in [0.15, 0.2) is 0 Å². The molecule has 0 N–H and O–H groups in total. The third-order valence-electron chi connectivity index (χ3n) is 4.90. The number of hydrogen-bond donors (Lipinski definition) is 0. The second kappa shape index (κ2) is 5.55. The Hall–Kier alpha value is -2.95. The van der Waals surface area contributed by atoms with Crippen molar-refractivity contribution in [1.82, 2.24) is 24.2 Å². The molecule has 0 spiro atoms. The number of unbranched alkanes of at least 4 members (excludes halogenated alkanes) is 2. The summed E-state index contributed by atoms with van der Waals surface area (Å²) >= 11 is 0. The molecule has 5 heteroatoms. The van der Waals surface area contributed by atoms with Crippen molar-refractivity contribution in [2.75, 3.05) is 0 Å². The monoisotopic (exact) mass is 329 g/mol. The Morgan fingerprint density at radius 2 is 1.84 bits per heavy atom. The number of benzene rings is 1. The van der Waals surface area contributed by atoms with E-state index in [4.69, 9.17) is 4.98 Å². The van der Waals surface area contributed by atoms with E-state index in [1.807, 2.05) is 28.8 Å². The lowest BCUT2D eigenvalue weighted by molar-refractivity contribution is 0.706. The molecule has 5 aromatic rings. The van der Waals surface area contributed by atoms with E-state index >= 15 is 0 Å². The van der Waals surface area contributed by atoms with Gasteiger partial charge in [0, 0.05) is 11.6 Å². The highest BCUT2D eigenvalue weighted by molar-refractivity contribution is 6.10. The summed E-state index contributed by atoms with van der Waals surface area (Å²) in [5.74, 6) is 0. The maximum absolute atomic E-state index is 4.90. The first kappa shape index (κ1) is 14.4. The molecule has 0 bridgehead atoms. The second-order valence-corrected chi connectivity index (χ2v) is 6.51. The fourth-order valence-corrected chi connectivity index (χ4v) is 3.70. The van der Waals surface area contributed by atoms with Gasteiger partial charge in [-0.2, -0.15) is 0 Å². The summed E-state index contributed by atoms with van der Waals surface area (Å²) in [5.41, 5.74) is 6.29. The first-order valence-corrected chi connectivity index (χ1v) is 8.90. The predicted octanol–water partition coefficient (Wildman–Crippen LogP) is 4.42. The van der Waals surface area contributed by atoms with Gasteiger partial charge in [-0.3, -0.25) is 4.40 Å². The van der Waals surface area contributed by atoms with Crippen molar-refractivity contribution < 1.29 is 0 Å². The lowest BCUT2D eigenvalue weighted by Gasteiger charge is -2.05. The zero-order chi connectivity index (χ0) is 16.8. The molecule has 124 valence electrons. The van der Waals surface area contributed by atoms with Crippen molar-refractivity contribution in [2.24, 2.45) is 0 Å². The van der Waals surface area contributed by atoms with Crippen LogP contribution in [-0.2, 0) is 6.42 Å². The van der Waals surface area contributed by atoms with Crippen LogP contribution in [0.4, 0.5) is 0 Å². The van der Waals surface area contributed by atoms with Crippen LogP contribution < -0.4 is 0 Å². The number of para-hydroxylation sites is 1. The Kier molecular flexibility index (Phi) is 3.20. The Morgan fingerprint density at radius 1 is 0.960 bits per heavy atom. The molecule has 0 amide bonds. The highest BCUT2D eigenvalue weighted by atomic mass is 15.4. The molecular weight excluding hydrogens is 310 g/mol. The minimum atomic E-state index is 0.949. The first-order valence-electron chi connectivity index (χ1n) is 8.90. The molecule has 5 nitrogen and oxygen atoms in total. The van der Waals surface area contributed by atoms with E-state index in [1.54, 1.807) is 0 Å². The Bertz CT molecular complexity index is 1210. The summed E-state index contributed by atoms with van der Waals surface area (Å²) < 4.78 is 4.14. The molecule has 0 aliphatic carbocycles. The van der Waals surface area contributed by atoms with Crippen LogP contribution in [0, 0.1) is 0 Å². The van der Waals surface area contributed by atoms with Crippen LogP contribution >= 0.6 is 0 Å². The van der Waals surface area contributed by atoms with Crippen LogP contribution in [-0.4, -0.2) is 24.2 Å². The van der Waals surface area contributed by atoms with Gasteiger partial charge in [0.05, 0.1) is 11.2 Å². The average molecular weight is 329 g/mol. The van der Waals surface area contributed by atoms with Crippen LogP contribution in [0.25, 0.3) is 33.1 Å². The van der Waals surface area contributed by atoms with Crippen molar-refractivity contribution in [1.29, 1.82) is 0 Å². The first-order chi connectivity index (χ1) is 12.4. The van der Waals surface area contributed by atoms with Crippen LogP contribution in [0.15, 0.2) is 48.7 Å². The number of pyridine rings is 2. The van der Waals surface area contributed by atoms with Gasteiger partial charge in [-0.15, -0.1) is 5.10 Å². The third-order valence-corrected chi connectivity index (χ3v) is 4.90. The molecule has 25 heavy (non-hydrogen) atoms. The third kappa shape index (κ3) is 2.05. The van der Waals surface area contributed by atoms with Crippen molar-refractivity contribution in [2.45, 2.75) is 32.6 Å². The van der Waals surface area contributed by atoms with E-state index < -0.39 is 0 Å². The highest BCUT2D eigenvalue weighted by Crippen LogP contribution is 2.31. The number of imidazole rings is 1. The van der Waals surface area contributed by atoms with Crippen molar-refractivity contribution in [3.8, 4) is 0 Å². The van der Waals surface area contributed by atoms with Gasteiger partial charge >= 0.3 is 0 Å². The molecule has 0 saturated heterocycles. The summed E-state index contributed by atoms with van der Waals surface area (Å²) in [6, 6.07) is 14.4. The molecule has 1 aromatic carbocycles. The van der Waals surface area contributed by atoms with Gasteiger partial charge in [-0.25, -0.2) is 9.50 Å². The van der Waals surface area contributed by atoms with Crippen molar-refractivity contribution >= 4 is 33.1 Å². The van der Waals surface area contributed by atoms with E-state index in [0.717, 1.165) is 51.6 Å². The summed E-state index contributed by atoms with van der Waals surface area (Å²) in [5, 5.41) is 10.1. The molecule has 4 aromatic heterocycles. The fraction of sp³-hybridized carbons (Fsp3) is 0.250. The molecule has 0 aliphatic heterocycles. The minimum absolute atomic E-state index is 0.949. The van der Waals surface area contributed by atoms with Gasteiger partial charge in [-0.05, 0) is 31.0 Å². The molecule has 0 fully saturated rings. The Labute approximate surface area is 144 Å². The maximum atomic E-state index is 4.90. The number of rotatable bonds is 4. The van der Waals surface area contributed by atoms with Gasteiger partial charge in [0.25, 0.3) is 0 Å². The van der Waals surface area contributed by atoms with Crippen LogP contribution in [0.3, 0.4) is 0 Å². The quantitative estimate of drug-likeness (QED) is 0.459. The molecule has 0 radical (unpaired) electrons. The summed E-state index contributed by atoms with van der Waals surface area (Å²) in [4.78, 5) is 4.90. The fourth-order valence-electron chi connectivity index (χ4n) is 3.70. The topological polar surface area (TPSA) is 47.5 Å². The molecule has 0 aliphatic rings. The number of aryl methyl sites for hydroxylation is 1.